The Morgan fingerprint density at radius 1 is 1.22 bits per heavy atom. The summed E-state index contributed by atoms with van der Waals surface area (Å²) >= 11 is 6.30. The van der Waals surface area contributed by atoms with Crippen molar-refractivity contribution >= 4 is 33.5 Å². The summed E-state index contributed by atoms with van der Waals surface area (Å²) in [5, 5.41) is 10.2. The van der Waals surface area contributed by atoms with Crippen LogP contribution in [0.2, 0.25) is 5.02 Å². The number of imidazole rings is 1. The van der Waals surface area contributed by atoms with Crippen LogP contribution in [0.4, 0.5) is 0 Å². The van der Waals surface area contributed by atoms with E-state index in [0.29, 0.717) is 17.6 Å². The van der Waals surface area contributed by atoms with Crippen LogP contribution in [0.25, 0.3) is 21.9 Å². The minimum atomic E-state index is 0.216. The van der Waals surface area contributed by atoms with Crippen molar-refractivity contribution in [2.75, 3.05) is 6.61 Å². The van der Waals surface area contributed by atoms with Crippen molar-refractivity contribution in [3.05, 3.63) is 47.6 Å². The number of fused-ring (bicyclic) bond motifs is 3. The van der Waals surface area contributed by atoms with Gasteiger partial charge < -0.3 is 9.30 Å². The number of pyridine rings is 1. The number of aromatic nitrogens is 6. The second-order valence-corrected chi connectivity index (χ2v) is 7.41. The molecule has 1 aliphatic rings. The van der Waals surface area contributed by atoms with Crippen LogP contribution in [0.1, 0.15) is 31.6 Å². The van der Waals surface area contributed by atoms with Crippen molar-refractivity contribution in [2.24, 2.45) is 0 Å². The Bertz CT molecular complexity index is 1110. The van der Waals surface area contributed by atoms with E-state index in [2.05, 4.69) is 26.7 Å². The Kier molecular flexibility index (Phi) is 4.06. The maximum atomic E-state index is 6.30. The van der Waals surface area contributed by atoms with Crippen LogP contribution in [0.3, 0.4) is 0 Å². The van der Waals surface area contributed by atoms with Gasteiger partial charge in [-0.1, -0.05) is 11.6 Å². The van der Waals surface area contributed by atoms with Crippen molar-refractivity contribution in [1.29, 1.82) is 0 Å². The molecule has 1 fully saturated rings. The standard InChI is InChI=1S/C19H19ClN6O/c1-12-8-14(4-7-27-12)26-18(11-25-22-5-6-23-25)24-17-10-21-16-3-2-13(20)9-15(16)19(17)26/h2-3,5-6,9-10,12,14H,4,7-8,11H2,1H3/t12-,14?/m1/s1. The first kappa shape index (κ1) is 16.6. The summed E-state index contributed by atoms with van der Waals surface area (Å²) in [6, 6.07) is 6.10. The van der Waals surface area contributed by atoms with Crippen molar-refractivity contribution in [1.82, 2.24) is 29.5 Å². The SMILES string of the molecule is C[C@@H]1CC(n2c(Cn3nccn3)nc3cnc4ccc(Cl)cc4c32)CCO1. The van der Waals surface area contributed by atoms with Gasteiger partial charge in [0.1, 0.15) is 17.9 Å². The third kappa shape index (κ3) is 2.96. The van der Waals surface area contributed by atoms with E-state index < -0.39 is 0 Å². The van der Waals surface area contributed by atoms with E-state index in [1.807, 2.05) is 24.4 Å². The normalized spacial score (nSPS) is 20.5. The summed E-state index contributed by atoms with van der Waals surface area (Å²) in [4.78, 5) is 11.1. The van der Waals surface area contributed by atoms with Crippen LogP contribution in [0.15, 0.2) is 36.8 Å². The molecule has 4 heterocycles. The quantitative estimate of drug-likeness (QED) is 0.541. The summed E-state index contributed by atoms with van der Waals surface area (Å²) in [5.74, 6) is 0.926. The van der Waals surface area contributed by atoms with Crippen LogP contribution < -0.4 is 0 Å². The monoisotopic (exact) mass is 382 g/mol. The van der Waals surface area contributed by atoms with Gasteiger partial charge in [-0.05, 0) is 38.0 Å². The highest BCUT2D eigenvalue weighted by atomic mass is 35.5. The van der Waals surface area contributed by atoms with Gasteiger partial charge in [-0.25, -0.2) is 4.98 Å². The molecule has 138 valence electrons. The van der Waals surface area contributed by atoms with Gasteiger partial charge in [-0.3, -0.25) is 4.98 Å². The zero-order valence-corrected chi connectivity index (χ0v) is 15.7. The molecule has 0 aliphatic carbocycles. The van der Waals surface area contributed by atoms with Gasteiger partial charge in [0.25, 0.3) is 0 Å². The zero-order valence-electron chi connectivity index (χ0n) is 14.9. The number of rotatable bonds is 3. The van der Waals surface area contributed by atoms with Gasteiger partial charge >= 0.3 is 0 Å². The molecule has 4 aromatic rings. The van der Waals surface area contributed by atoms with Crippen LogP contribution in [-0.4, -0.2) is 42.2 Å². The van der Waals surface area contributed by atoms with Crippen LogP contribution in [-0.2, 0) is 11.3 Å². The van der Waals surface area contributed by atoms with E-state index in [1.54, 1.807) is 17.2 Å². The number of ether oxygens (including phenoxy) is 1. The van der Waals surface area contributed by atoms with Gasteiger partial charge in [0.05, 0.1) is 35.7 Å². The van der Waals surface area contributed by atoms with Gasteiger partial charge in [0, 0.05) is 23.1 Å². The second-order valence-electron chi connectivity index (χ2n) is 6.97. The molecule has 1 saturated heterocycles. The van der Waals surface area contributed by atoms with Crippen LogP contribution in [0.5, 0.6) is 0 Å². The number of hydrogen-bond donors (Lipinski definition) is 0. The third-order valence-electron chi connectivity index (χ3n) is 5.12. The predicted molar refractivity (Wildman–Crippen MR) is 103 cm³/mol. The third-order valence-corrected chi connectivity index (χ3v) is 5.36. The molecule has 3 aromatic heterocycles. The van der Waals surface area contributed by atoms with E-state index in [1.165, 1.54) is 0 Å². The topological polar surface area (TPSA) is 70.7 Å². The van der Waals surface area contributed by atoms with E-state index in [-0.39, 0.29) is 6.10 Å². The smallest absolute Gasteiger partial charge is 0.133 e. The Morgan fingerprint density at radius 2 is 2.07 bits per heavy atom. The molecular formula is C19H19ClN6O. The molecule has 0 amide bonds. The van der Waals surface area contributed by atoms with Crippen molar-refractivity contribution in [3.63, 3.8) is 0 Å². The van der Waals surface area contributed by atoms with E-state index in [0.717, 1.165) is 47.2 Å². The summed E-state index contributed by atoms with van der Waals surface area (Å²) < 4.78 is 8.10. The zero-order chi connectivity index (χ0) is 18.4. The Hall–Kier alpha value is -2.51. The van der Waals surface area contributed by atoms with Crippen LogP contribution in [0, 0.1) is 0 Å². The first-order valence-corrected chi connectivity index (χ1v) is 9.47. The summed E-state index contributed by atoms with van der Waals surface area (Å²) in [6.45, 7) is 3.38. The largest absolute Gasteiger partial charge is 0.378 e. The maximum absolute atomic E-state index is 6.30. The Labute approximate surface area is 160 Å². The molecule has 27 heavy (non-hydrogen) atoms. The lowest BCUT2D eigenvalue weighted by Gasteiger charge is -2.30. The highest BCUT2D eigenvalue weighted by molar-refractivity contribution is 6.31. The van der Waals surface area contributed by atoms with Gasteiger partial charge in [-0.15, -0.1) is 0 Å². The van der Waals surface area contributed by atoms with Gasteiger partial charge in [0.2, 0.25) is 0 Å². The molecule has 1 aromatic carbocycles. The molecule has 5 rings (SSSR count). The molecule has 1 unspecified atom stereocenters. The fraction of sp³-hybridized carbons (Fsp3) is 0.368. The fourth-order valence-electron chi connectivity index (χ4n) is 3.96. The minimum absolute atomic E-state index is 0.216. The fourth-order valence-corrected chi connectivity index (χ4v) is 4.13. The predicted octanol–water partition coefficient (Wildman–Crippen LogP) is 3.62. The van der Waals surface area contributed by atoms with Gasteiger partial charge in [-0.2, -0.15) is 15.0 Å². The number of nitrogens with zero attached hydrogens (tertiary/aromatic N) is 6. The number of benzene rings is 1. The Balaban J connectivity index is 1.76. The highest BCUT2D eigenvalue weighted by Gasteiger charge is 2.26. The maximum Gasteiger partial charge on any atom is 0.133 e. The molecule has 2 atom stereocenters. The van der Waals surface area contributed by atoms with Crippen molar-refractivity contribution < 1.29 is 4.74 Å². The lowest BCUT2D eigenvalue weighted by molar-refractivity contribution is 0.00617. The van der Waals surface area contributed by atoms with E-state index in [4.69, 9.17) is 21.3 Å². The van der Waals surface area contributed by atoms with Crippen LogP contribution >= 0.6 is 11.6 Å². The molecule has 1 aliphatic heterocycles. The van der Waals surface area contributed by atoms with Gasteiger partial charge in [0.15, 0.2) is 0 Å². The average molecular weight is 383 g/mol. The summed E-state index contributed by atoms with van der Waals surface area (Å²) in [5.41, 5.74) is 2.85. The molecule has 8 heteroatoms. The average Bonchev–Trinajstić information content (AvgIpc) is 3.29. The molecule has 0 bridgehead atoms. The minimum Gasteiger partial charge on any atom is -0.378 e. The molecule has 0 saturated carbocycles. The number of halogens is 1. The molecule has 0 radical (unpaired) electrons. The molecular weight excluding hydrogens is 364 g/mol. The number of hydrogen-bond acceptors (Lipinski definition) is 5. The van der Waals surface area contributed by atoms with Crippen molar-refractivity contribution in [2.45, 2.75) is 38.5 Å². The highest BCUT2D eigenvalue weighted by Crippen LogP contribution is 2.34. The molecule has 7 nitrogen and oxygen atoms in total. The van der Waals surface area contributed by atoms with Crippen molar-refractivity contribution in [3.8, 4) is 0 Å². The summed E-state index contributed by atoms with van der Waals surface area (Å²) in [7, 11) is 0. The summed E-state index contributed by atoms with van der Waals surface area (Å²) in [6.07, 6.45) is 7.30. The van der Waals surface area contributed by atoms with E-state index in [9.17, 15) is 0 Å². The molecule has 0 spiro atoms. The lowest BCUT2D eigenvalue weighted by atomic mass is 10.0. The second kappa shape index (κ2) is 6.58. The Morgan fingerprint density at radius 3 is 2.89 bits per heavy atom. The lowest BCUT2D eigenvalue weighted by Crippen LogP contribution is -2.27. The molecule has 0 N–H and O–H groups in total. The first-order valence-electron chi connectivity index (χ1n) is 9.10. The first-order chi connectivity index (χ1) is 13.2. The van der Waals surface area contributed by atoms with E-state index >= 15 is 0 Å².